The third-order valence-corrected chi connectivity index (χ3v) is 4.40. The van der Waals surface area contributed by atoms with Crippen molar-refractivity contribution in [2.75, 3.05) is 32.3 Å². The molecule has 174 valence electrons. The predicted octanol–water partition coefficient (Wildman–Crippen LogP) is 1.21. The van der Waals surface area contributed by atoms with E-state index in [0.29, 0.717) is 6.07 Å². The van der Waals surface area contributed by atoms with Crippen LogP contribution in [0.25, 0.3) is 0 Å². The van der Waals surface area contributed by atoms with Gasteiger partial charge in [-0.2, -0.15) is 13.2 Å². The van der Waals surface area contributed by atoms with Crippen LogP contribution in [0.15, 0.2) is 12.1 Å². The van der Waals surface area contributed by atoms with Crippen LogP contribution in [0.4, 0.5) is 23.9 Å². The molecule has 32 heavy (non-hydrogen) atoms. The van der Waals surface area contributed by atoms with Gasteiger partial charge >= 0.3 is 12.3 Å². The summed E-state index contributed by atoms with van der Waals surface area (Å²) in [7, 11) is 2.89. The van der Waals surface area contributed by atoms with Crippen LogP contribution in [-0.2, 0) is 34.0 Å². The van der Waals surface area contributed by atoms with Gasteiger partial charge in [-0.25, -0.2) is 14.5 Å². The Bertz CT molecular complexity index is 999. The smallest absolute Gasteiger partial charge is 0.433 e. The van der Waals surface area contributed by atoms with E-state index < -0.39 is 36.1 Å². The van der Waals surface area contributed by atoms with Gasteiger partial charge in [0, 0.05) is 14.2 Å². The molecule has 0 aromatic carbocycles. The molecule has 1 unspecified atom stereocenters. The zero-order valence-corrected chi connectivity index (χ0v) is 17.3. The number of aromatic nitrogens is 5. The fourth-order valence-corrected chi connectivity index (χ4v) is 2.95. The highest BCUT2D eigenvalue weighted by Crippen LogP contribution is 2.29. The van der Waals surface area contributed by atoms with E-state index in [9.17, 15) is 22.8 Å². The Morgan fingerprint density at radius 3 is 2.75 bits per heavy atom. The Kier molecular flexibility index (Phi) is 6.59. The minimum atomic E-state index is -4.72. The molecule has 1 saturated heterocycles. The van der Waals surface area contributed by atoms with Crippen LogP contribution in [0.1, 0.15) is 28.7 Å². The fraction of sp³-hybridized carbons (Fsp3) is 0.529. The Morgan fingerprint density at radius 1 is 1.38 bits per heavy atom. The Balaban J connectivity index is 1.75. The van der Waals surface area contributed by atoms with Crippen molar-refractivity contribution >= 4 is 17.9 Å². The van der Waals surface area contributed by atoms with Crippen molar-refractivity contribution in [1.82, 2.24) is 30.1 Å². The number of aryl methyl sites for hydroxylation is 1. The second kappa shape index (κ2) is 9.04. The SMILES string of the molecule is COCN1CC(C)(COCc2nc(C(F)(F)F)ccc2C(=O)Nc2nnnn2C)OC1=O. The zero-order valence-electron chi connectivity index (χ0n) is 17.3. The number of amides is 2. The minimum Gasteiger partial charge on any atom is -0.439 e. The van der Waals surface area contributed by atoms with Gasteiger partial charge in [0.05, 0.1) is 31.0 Å². The van der Waals surface area contributed by atoms with Crippen molar-refractivity contribution in [3.63, 3.8) is 0 Å². The number of nitrogens with one attached hydrogen (secondary N) is 1. The topological polar surface area (TPSA) is 134 Å². The highest BCUT2D eigenvalue weighted by atomic mass is 19.4. The number of pyridine rings is 1. The van der Waals surface area contributed by atoms with Crippen LogP contribution >= 0.6 is 0 Å². The van der Waals surface area contributed by atoms with E-state index in [1.165, 1.54) is 23.7 Å². The molecule has 0 bridgehead atoms. The van der Waals surface area contributed by atoms with Gasteiger partial charge in [-0.1, -0.05) is 5.10 Å². The van der Waals surface area contributed by atoms with E-state index in [4.69, 9.17) is 14.2 Å². The lowest BCUT2D eigenvalue weighted by molar-refractivity contribution is -0.141. The Morgan fingerprint density at radius 2 is 2.12 bits per heavy atom. The number of ether oxygens (including phenoxy) is 3. The maximum atomic E-state index is 13.1. The van der Waals surface area contributed by atoms with E-state index in [2.05, 4.69) is 25.8 Å². The maximum Gasteiger partial charge on any atom is 0.433 e. The zero-order chi connectivity index (χ0) is 23.5. The molecule has 1 fully saturated rings. The van der Waals surface area contributed by atoms with Crippen LogP contribution in [0.5, 0.6) is 0 Å². The molecule has 0 radical (unpaired) electrons. The van der Waals surface area contributed by atoms with Crippen LogP contribution in [0.2, 0.25) is 0 Å². The van der Waals surface area contributed by atoms with E-state index in [0.717, 1.165) is 6.07 Å². The summed E-state index contributed by atoms with van der Waals surface area (Å²) in [6.45, 7) is 1.19. The van der Waals surface area contributed by atoms with Gasteiger partial charge in [0.2, 0.25) is 5.95 Å². The third-order valence-electron chi connectivity index (χ3n) is 4.40. The minimum absolute atomic E-state index is 0.00891. The third kappa shape index (κ3) is 5.28. The van der Waals surface area contributed by atoms with E-state index in [1.54, 1.807) is 6.92 Å². The first kappa shape index (κ1) is 23.3. The molecule has 12 nitrogen and oxygen atoms in total. The van der Waals surface area contributed by atoms with Crippen molar-refractivity contribution in [3.05, 3.63) is 29.1 Å². The van der Waals surface area contributed by atoms with E-state index in [-0.39, 0.29) is 37.1 Å². The lowest BCUT2D eigenvalue weighted by atomic mass is 10.1. The fourth-order valence-electron chi connectivity index (χ4n) is 2.95. The maximum absolute atomic E-state index is 13.1. The monoisotopic (exact) mass is 459 g/mol. The van der Waals surface area contributed by atoms with Gasteiger partial charge in [-0.15, -0.1) is 0 Å². The summed E-state index contributed by atoms with van der Waals surface area (Å²) in [6, 6.07) is 1.68. The van der Waals surface area contributed by atoms with Gasteiger partial charge in [0.25, 0.3) is 5.91 Å². The Hall–Kier alpha value is -3.33. The lowest BCUT2D eigenvalue weighted by Crippen LogP contribution is -2.36. The van der Waals surface area contributed by atoms with Crippen LogP contribution in [0, 0.1) is 0 Å². The molecular weight excluding hydrogens is 439 g/mol. The average molecular weight is 459 g/mol. The van der Waals surface area contributed by atoms with Gasteiger partial charge in [0.1, 0.15) is 12.4 Å². The number of rotatable bonds is 8. The number of methoxy groups -OCH3 is 1. The molecule has 0 aliphatic carbocycles. The highest BCUT2D eigenvalue weighted by molar-refractivity contribution is 6.04. The highest BCUT2D eigenvalue weighted by Gasteiger charge is 2.42. The van der Waals surface area contributed by atoms with Crippen LogP contribution < -0.4 is 5.32 Å². The Labute approximate surface area is 179 Å². The second-order valence-electron chi connectivity index (χ2n) is 7.20. The number of carbonyl (C=O) groups excluding carboxylic acids is 2. The predicted molar refractivity (Wildman–Crippen MR) is 99.1 cm³/mol. The van der Waals surface area contributed by atoms with Crippen molar-refractivity contribution < 1.29 is 37.0 Å². The largest absolute Gasteiger partial charge is 0.439 e. The molecule has 1 aliphatic rings. The first-order chi connectivity index (χ1) is 15.0. The normalized spacial score (nSPS) is 18.7. The second-order valence-corrected chi connectivity index (χ2v) is 7.20. The van der Waals surface area contributed by atoms with Gasteiger partial charge in [0.15, 0.2) is 5.60 Å². The number of nitrogens with zero attached hydrogens (tertiary/aromatic N) is 6. The molecule has 3 heterocycles. The summed E-state index contributed by atoms with van der Waals surface area (Å²) < 4.78 is 56.3. The molecule has 2 aromatic heterocycles. The molecule has 1 N–H and O–H groups in total. The summed E-state index contributed by atoms with van der Waals surface area (Å²) in [5, 5.41) is 12.9. The summed E-state index contributed by atoms with van der Waals surface area (Å²) in [5.41, 5.74) is -2.65. The van der Waals surface area contributed by atoms with Crippen molar-refractivity contribution in [3.8, 4) is 0 Å². The van der Waals surface area contributed by atoms with Gasteiger partial charge < -0.3 is 14.2 Å². The number of carbonyl (C=O) groups is 2. The van der Waals surface area contributed by atoms with Crippen molar-refractivity contribution in [1.29, 1.82) is 0 Å². The molecule has 1 aliphatic heterocycles. The summed E-state index contributed by atoms with van der Waals surface area (Å²) >= 11 is 0. The first-order valence-corrected chi connectivity index (χ1v) is 9.18. The molecule has 15 heteroatoms. The molecule has 1 atom stereocenters. The number of halogens is 3. The number of tetrazole rings is 1. The average Bonchev–Trinajstić information content (AvgIpc) is 3.23. The molecule has 2 aromatic rings. The van der Waals surface area contributed by atoms with Crippen LogP contribution in [0.3, 0.4) is 0 Å². The molecule has 0 saturated carbocycles. The van der Waals surface area contributed by atoms with E-state index >= 15 is 0 Å². The number of hydrogen-bond donors (Lipinski definition) is 1. The quantitative estimate of drug-likeness (QED) is 0.618. The number of cyclic esters (lactones) is 1. The van der Waals surface area contributed by atoms with Gasteiger partial charge in [-0.05, 0) is 29.5 Å². The lowest BCUT2D eigenvalue weighted by Gasteiger charge is -2.22. The first-order valence-electron chi connectivity index (χ1n) is 9.18. The van der Waals surface area contributed by atoms with Crippen molar-refractivity contribution in [2.24, 2.45) is 7.05 Å². The van der Waals surface area contributed by atoms with Crippen LogP contribution in [-0.4, -0.2) is 74.7 Å². The summed E-state index contributed by atoms with van der Waals surface area (Å²) in [4.78, 5) is 29.3. The van der Waals surface area contributed by atoms with Gasteiger partial charge in [-0.3, -0.25) is 15.0 Å². The van der Waals surface area contributed by atoms with Crippen molar-refractivity contribution in [2.45, 2.75) is 25.3 Å². The molecule has 0 spiro atoms. The molecule has 2 amide bonds. The standard InChI is InChI=1S/C17H20F3N7O5/c1-16(7-27(9-30-3)15(29)32-16)8-31-6-11-10(4-5-12(21-11)17(18,19)20)13(28)22-14-23-24-25-26(14)2/h4-5H,6-9H2,1-3H3,(H,22,23,25,28). The summed E-state index contributed by atoms with van der Waals surface area (Å²) in [6.07, 6.45) is -5.32. The summed E-state index contributed by atoms with van der Waals surface area (Å²) in [5.74, 6) is -0.780. The molecular formula is C17H20F3N7O5. The molecule has 3 rings (SSSR count). The number of anilines is 1. The van der Waals surface area contributed by atoms with E-state index in [1.807, 2.05) is 0 Å². The number of hydrogen-bond acceptors (Lipinski definition) is 9. The number of alkyl halides is 3.